The number of fused-ring (bicyclic) bond motifs is 6. The molecular weight excluding hydrogens is 1780 g/mol. The first-order chi connectivity index (χ1) is 67.2. The summed E-state index contributed by atoms with van der Waals surface area (Å²) in [7, 11) is 7.56. The molecule has 6 unspecified atom stereocenters. The van der Waals surface area contributed by atoms with Crippen LogP contribution in [0.1, 0.15) is 223 Å². The molecule has 0 aliphatic heterocycles. The monoisotopic (exact) mass is 1930 g/mol. The summed E-state index contributed by atoms with van der Waals surface area (Å²) >= 11 is 0. The average Bonchev–Trinajstić information content (AvgIpc) is 1.40. The van der Waals surface area contributed by atoms with Gasteiger partial charge in [0.25, 0.3) is 0 Å². The maximum absolute atomic E-state index is 12.8. The number of ketones is 7. The van der Waals surface area contributed by atoms with E-state index >= 15 is 0 Å². The molecular formula is C112H147N15O14. The maximum Gasteiger partial charge on any atom is 0.312 e. The number of carbonyl (C=O) groups is 12. The first-order valence-electron chi connectivity index (χ1n) is 49.6. The van der Waals surface area contributed by atoms with Gasteiger partial charge in [-0.1, -0.05) is 173 Å². The fourth-order valence-electron chi connectivity index (χ4n) is 20.7. The molecule has 16 rings (SSSR count). The van der Waals surface area contributed by atoms with Crippen LogP contribution in [0.15, 0.2) is 183 Å². The van der Waals surface area contributed by atoms with Gasteiger partial charge < -0.3 is 88.9 Å². The Bertz CT molecular complexity index is 6260. The number of likely N-dealkylation sites (N-methyl/N-ethyl adjacent to an activating group) is 3. The van der Waals surface area contributed by atoms with Gasteiger partial charge in [-0.3, -0.25) is 57.5 Å². The number of benzene rings is 6. The van der Waals surface area contributed by atoms with Crippen molar-refractivity contribution in [3.05, 3.63) is 216 Å². The van der Waals surface area contributed by atoms with Crippen molar-refractivity contribution >= 4 is 136 Å². The van der Waals surface area contributed by atoms with Gasteiger partial charge in [-0.05, 0) is 208 Å². The van der Waals surface area contributed by atoms with Gasteiger partial charge in [0.2, 0.25) is 17.7 Å². The van der Waals surface area contributed by atoms with Crippen LogP contribution in [0.2, 0.25) is 0 Å². The van der Waals surface area contributed by atoms with Crippen molar-refractivity contribution in [2.24, 2.45) is 56.1 Å². The molecule has 12 aromatic rings. The maximum atomic E-state index is 12.8. The molecule has 29 nitrogen and oxygen atoms in total. The summed E-state index contributed by atoms with van der Waals surface area (Å²) in [5, 5.41) is 9.10. The number of methoxy groups -OCH3 is 2. The predicted octanol–water partition coefficient (Wildman–Crippen LogP) is 15.4. The Kier molecular flexibility index (Phi) is 37.6. The number of hydrogen-bond acceptors (Lipinski definition) is 20. The normalized spacial score (nSPS) is 16.5. The molecule has 4 aliphatic rings. The molecule has 6 heterocycles. The highest BCUT2D eigenvalue weighted by molar-refractivity contribution is 5.98. The van der Waals surface area contributed by atoms with Gasteiger partial charge in [-0.2, -0.15) is 0 Å². The van der Waals surface area contributed by atoms with E-state index in [0.29, 0.717) is 77.0 Å². The van der Waals surface area contributed by atoms with Crippen LogP contribution in [-0.2, 0) is 106 Å². The Morgan fingerprint density at radius 1 is 0.319 bits per heavy atom. The number of nitrogens with zero attached hydrogens (tertiary/aromatic N) is 2. The largest absolute Gasteiger partial charge is 0.469 e. The summed E-state index contributed by atoms with van der Waals surface area (Å²) in [5.41, 5.74) is 45.3. The average molecular weight is 1930 g/mol. The Labute approximate surface area is 826 Å². The number of carbonyl (C=O) groups excluding carboxylic acids is 12. The smallest absolute Gasteiger partial charge is 0.312 e. The molecule has 29 heteroatoms. The fourth-order valence-corrected chi connectivity index (χ4v) is 20.7. The standard InChI is InChI=1S/C20H26N2O3.C20H26N2O2.C19H24N2O3.C19H24N2O2.C17H24N4O2.C17H23N3O2/c1-25-19(24)20(9-5-2-6-10-20)12-18(23)16(21)11-14-13-22-17-8-4-3-7-15(14)17;1-14(23)20(9-5-2-6-10-20)12-19(24)17(21)11-15-13-22-18-8-4-3-7-16(15)18;1-24-18(23)19(8-4-5-9-19)11-17(22)15(20)10-13-12-21-16-7-3-2-6-14(13)16;1-13(22)19(8-4-5-9-19)11-18(23)16(20)10-14-12-21-17-7-3-2-6-15(14)17;1-17(2,16(23)19-3)21(4)15(22)13(18)9-11-10-20-14-8-6-5-7-12(11)14;1-11(21)17(2,3)20(4)16(22)14(18)9-12-10-19-15-8-6-5-7-13(12)15/h3-4,7-8,13,16,22H,2,5-6,9-12,21H2,1H3;3-4,7-8,13,17,22H,2,5-6,9-12,21H2,1H3;2-3,6-7,12,15,21H,4-5,8-11,20H2,1H3;2-3,6-7,12,16,21H,4-5,8-11,20H2,1H3;5-8,10,13,20H,9,18H2,1-4H3,(H,19,23);5-8,10,14,19H,9,18H2,1-4H3. The second-order valence-electron chi connectivity index (χ2n) is 40.4. The number of nitrogens with two attached hydrogens (primary N) is 6. The van der Waals surface area contributed by atoms with Gasteiger partial charge in [0.05, 0.1) is 66.8 Å². The van der Waals surface area contributed by atoms with Crippen molar-refractivity contribution in [1.82, 2.24) is 45.0 Å². The van der Waals surface area contributed by atoms with E-state index in [4.69, 9.17) is 43.9 Å². The number of amides is 3. The van der Waals surface area contributed by atoms with Crippen LogP contribution in [0.25, 0.3) is 65.4 Å². The number of Topliss-reactive ketones (excluding diaryl/α,β-unsaturated/α-hetero) is 7. The number of para-hydroxylation sites is 6. The quantitative estimate of drug-likeness (QED) is 0.0167. The van der Waals surface area contributed by atoms with E-state index in [-0.39, 0.29) is 83.0 Å². The van der Waals surface area contributed by atoms with E-state index in [0.717, 1.165) is 189 Å². The van der Waals surface area contributed by atoms with Crippen molar-refractivity contribution in [1.29, 1.82) is 0 Å². The third-order valence-electron chi connectivity index (χ3n) is 30.5. The van der Waals surface area contributed by atoms with E-state index in [2.05, 4.69) is 35.2 Å². The molecule has 6 atom stereocenters. The zero-order valence-electron chi connectivity index (χ0n) is 84.2. The number of nitrogens with one attached hydrogen (secondary N) is 7. The second-order valence-corrected chi connectivity index (χ2v) is 40.4. The molecule has 141 heavy (non-hydrogen) atoms. The zero-order valence-corrected chi connectivity index (χ0v) is 84.2. The van der Waals surface area contributed by atoms with Gasteiger partial charge in [-0.25, -0.2) is 0 Å². The van der Waals surface area contributed by atoms with E-state index < -0.39 is 69.0 Å². The Morgan fingerprint density at radius 3 is 0.730 bits per heavy atom. The summed E-state index contributed by atoms with van der Waals surface area (Å²) in [6, 6.07) is 44.0. The summed E-state index contributed by atoms with van der Waals surface area (Å²) in [4.78, 5) is 170. The number of aromatic amines is 6. The van der Waals surface area contributed by atoms with Crippen LogP contribution in [0, 0.1) is 21.7 Å². The predicted molar refractivity (Wildman–Crippen MR) is 555 cm³/mol. The fraction of sp³-hybridized carbons (Fsp3) is 0.464. The third-order valence-corrected chi connectivity index (χ3v) is 30.5. The topological polar surface area (TPSA) is 493 Å². The third kappa shape index (κ3) is 26.4. The lowest BCUT2D eigenvalue weighted by atomic mass is 9.68. The lowest BCUT2D eigenvalue weighted by molar-refractivity contribution is -0.157. The molecule has 4 aliphatic carbocycles. The number of rotatable bonds is 34. The highest BCUT2D eigenvalue weighted by atomic mass is 16.5. The van der Waals surface area contributed by atoms with Crippen molar-refractivity contribution in [2.45, 2.75) is 276 Å². The first kappa shape index (κ1) is 109. The molecule has 0 radical (unpaired) electrons. The summed E-state index contributed by atoms with van der Waals surface area (Å²) < 4.78 is 9.94. The molecule has 4 fully saturated rings. The molecule has 6 aromatic carbocycles. The van der Waals surface area contributed by atoms with Crippen molar-refractivity contribution in [3.63, 3.8) is 0 Å². The van der Waals surface area contributed by atoms with E-state index in [1.807, 2.05) is 183 Å². The number of esters is 2. The minimum absolute atomic E-state index is 0.00683. The number of hydrogen-bond donors (Lipinski definition) is 13. The molecule has 0 spiro atoms. The Balaban J connectivity index is 0.000000162. The van der Waals surface area contributed by atoms with E-state index in [9.17, 15) is 57.5 Å². The minimum atomic E-state index is -0.955. The lowest BCUT2D eigenvalue weighted by Crippen LogP contribution is -2.58. The van der Waals surface area contributed by atoms with Crippen LogP contribution in [0.5, 0.6) is 0 Å². The van der Waals surface area contributed by atoms with Crippen LogP contribution in [0.3, 0.4) is 0 Å². The summed E-state index contributed by atoms with van der Waals surface area (Å²) in [6.07, 6.45) is 31.6. The molecule has 3 amide bonds. The first-order valence-corrected chi connectivity index (χ1v) is 49.6. The molecule has 754 valence electrons. The van der Waals surface area contributed by atoms with E-state index in [1.165, 1.54) is 30.9 Å². The lowest BCUT2D eigenvalue weighted by Gasteiger charge is -2.35. The van der Waals surface area contributed by atoms with Crippen LogP contribution in [0.4, 0.5) is 0 Å². The SMILES string of the molecule is CC(=O)C(C)(C)N(C)C(=O)C(N)Cc1c[nH]c2ccccc12.CC(=O)C1(CC(=O)C(N)Cc2c[nH]c3ccccc23)CCCC1.CC(=O)C1(CC(=O)C(N)Cc2c[nH]c3ccccc23)CCCCC1.CNC(=O)C(C)(C)N(C)C(=O)C(N)Cc1c[nH]c2ccccc12.COC(=O)C1(CC(=O)C(N)Cc2c[nH]c3ccccc23)CCCC1.COC(=O)C1(CC(=O)C(N)Cc2c[nH]c3ccccc23)CCCCC1. The van der Waals surface area contributed by atoms with E-state index in [1.54, 1.807) is 62.7 Å². The number of H-pyrrole nitrogens is 6. The van der Waals surface area contributed by atoms with Gasteiger partial charge in [0, 0.05) is 160 Å². The minimum Gasteiger partial charge on any atom is -0.469 e. The van der Waals surface area contributed by atoms with Gasteiger partial charge >= 0.3 is 11.9 Å². The van der Waals surface area contributed by atoms with Gasteiger partial charge in [-0.15, -0.1) is 0 Å². The number of ether oxygens (including phenoxy) is 2. The van der Waals surface area contributed by atoms with Crippen LogP contribution in [-0.4, -0.2) is 193 Å². The van der Waals surface area contributed by atoms with Gasteiger partial charge in [0.1, 0.15) is 17.1 Å². The molecule has 19 N–H and O–H groups in total. The summed E-state index contributed by atoms with van der Waals surface area (Å²) in [5.74, 6) is -1.13. The highest BCUT2D eigenvalue weighted by Crippen LogP contribution is 2.46. The molecule has 0 bridgehead atoms. The molecule has 4 saturated carbocycles. The van der Waals surface area contributed by atoms with Crippen molar-refractivity contribution < 1.29 is 67.0 Å². The van der Waals surface area contributed by atoms with Crippen LogP contribution < -0.4 is 39.7 Å². The van der Waals surface area contributed by atoms with Crippen LogP contribution >= 0.6 is 0 Å². The summed E-state index contributed by atoms with van der Waals surface area (Å²) in [6.45, 7) is 11.6. The van der Waals surface area contributed by atoms with Crippen molar-refractivity contribution in [2.75, 3.05) is 35.4 Å². The highest BCUT2D eigenvalue weighted by Gasteiger charge is 2.47. The van der Waals surface area contributed by atoms with Gasteiger partial charge in [0.15, 0.2) is 28.9 Å². The second kappa shape index (κ2) is 48.7. The van der Waals surface area contributed by atoms with Crippen molar-refractivity contribution in [3.8, 4) is 0 Å². The number of aromatic nitrogens is 6. The Hall–Kier alpha value is -12.6. The molecule has 0 saturated heterocycles. The Morgan fingerprint density at radius 2 is 0.518 bits per heavy atom. The molecule has 6 aromatic heterocycles. The zero-order chi connectivity index (χ0) is 102.